The molecule has 0 unspecified atom stereocenters. The summed E-state index contributed by atoms with van der Waals surface area (Å²) in [4.78, 5) is 16.2. The van der Waals surface area contributed by atoms with Gasteiger partial charge in [0.1, 0.15) is 5.75 Å². The lowest BCUT2D eigenvalue weighted by atomic mass is 10.0. The van der Waals surface area contributed by atoms with Gasteiger partial charge in [-0.25, -0.2) is 10.1 Å². The molecule has 20 heavy (non-hydrogen) atoms. The smallest absolute Gasteiger partial charge is 0.343 e. The second-order valence-corrected chi connectivity index (χ2v) is 4.70. The number of hydrogen-bond acceptors (Lipinski definition) is 4. The Balaban J connectivity index is 2.27. The largest absolute Gasteiger partial charge is 0.423 e. The van der Waals surface area contributed by atoms with Crippen molar-refractivity contribution in [3.63, 3.8) is 0 Å². The normalized spacial score (nSPS) is 10.4. The van der Waals surface area contributed by atoms with Gasteiger partial charge in [0, 0.05) is 5.56 Å². The third-order valence-corrected chi connectivity index (χ3v) is 2.92. The predicted molar refractivity (Wildman–Crippen MR) is 75.2 cm³/mol. The van der Waals surface area contributed by atoms with E-state index in [1.54, 1.807) is 42.5 Å². The lowest BCUT2D eigenvalue weighted by molar-refractivity contribution is -0.137. The summed E-state index contributed by atoms with van der Waals surface area (Å²) in [5, 5.41) is 8.69. The summed E-state index contributed by atoms with van der Waals surface area (Å²) in [5.74, 6) is 0.497. The van der Waals surface area contributed by atoms with Crippen LogP contribution in [-0.4, -0.2) is 11.2 Å². The van der Waals surface area contributed by atoms with E-state index in [-0.39, 0.29) is 5.92 Å². The van der Waals surface area contributed by atoms with Crippen molar-refractivity contribution in [3.05, 3.63) is 59.7 Å². The Morgan fingerprint density at radius 3 is 2.40 bits per heavy atom. The maximum absolute atomic E-state index is 12.0. The van der Waals surface area contributed by atoms with Crippen molar-refractivity contribution >= 4 is 5.97 Å². The van der Waals surface area contributed by atoms with Gasteiger partial charge in [0.25, 0.3) is 0 Å². The molecule has 0 amide bonds. The molecule has 2 aromatic rings. The molecule has 0 aliphatic heterocycles. The lowest BCUT2D eigenvalue weighted by Gasteiger charge is -2.13. The van der Waals surface area contributed by atoms with Crippen LogP contribution in [0, 0.1) is 0 Å². The van der Waals surface area contributed by atoms with E-state index >= 15 is 0 Å². The molecule has 4 heteroatoms. The number of carbonyl (C=O) groups excluding carboxylic acids is 1. The first-order valence-corrected chi connectivity index (χ1v) is 6.34. The lowest BCUT2D eigenvalue weighted by Crippen LogP contribution is -2.10. The Labute approximate surface area is 117 Å². The van der Waals surface area contributed by atoms with Gasteiger partial charge in [-0.2, -0.15) is 0 Å². The van der Waals surface area contributed by atoms with E-state index in [4.69, 9.17) is 9.99 Å². The van der Waals surface area contributed by atoms with Gasteiger partial charge in [-0.15, -0.1) is 0 Å². The third kappa shape index (κ3) is 3.16. The maximum atomic E-state index is 12.0. The Morgan fingerprint density at radius 1 is 1.10 bits per heavy atom. The van der Waals surface area contributed by atoms with Crippen molar-refractivity contribution < 1.29 is 19.7 Å². The first kappa shape index (κ1) is 14.1. The van der Waals surface area contributed by atoms with E-state index in [2.05, 4.69) is 4.89 Å². The molecule has 0 heterocycles. The van der Waals surface area contributed by atoms with Crippen LogP contribution in [0.1, 0.15) is 35.7 Å². The van der Waals surface area contributed by atoms with Gasteiger partial charge in [-0.05, 0) is 36.2 Å². The molecule has 0 saturated carbocycles. The van der Waals surface area contributed by atoms with E-state index in [0.29, 0.717) is 17.1 Å². The highest BCUT2D eigenvalue weighted by Gasteiger charge is 2.14. The molecule has 2 rings (SSSR count). The second kappa shape index (κ2) is 6.21. The maximum Gasteiger partial charge on any atom is 0.343 e. The molecule has 1 N–H and O–H groups in total. The summed E-state index contributed by atoms with van der Waals surface area (Å²) >= 11 is 0. The fourth-order valence-corrected chi connectivity index (χ4v) is 1.86. The van der Waals surface area contributed by atoms with Crippen molar-refractivity contribution in [1.29, 1.82) is 0 Å². The van der Waals surface area contributed by atoms with Gasteiger partial charge in [-0.3, -0.25) is 0 Å². The van der Waals surface area contributed by atoms with E-state index < -0.39 is 5.97 Å². The van der Waals surface area contributed by atoms with Crippen LogP contribution in [0.5, 0.6) is 11.5 Å². The molecule has 0 aliphatic rings. The predicted octanol–water partition coefficient (Wildman–Crippen LogP) is 3.88. The summed E-state index contributed by atoms with van der Waals surface area (Å²) in [6.45, 7) is 3.94. The average Bonchev–Trinajstić information content (AvgIpc) is 2.48. The van der Waals surface area contributed by atoms with Crippen LogP contribution >= 0.6 is 0 Å². The SMILES string of the molecule is CC(C)c1cc(OO)ccc1OC(=O)c1ccccc1. The van der Waals surface area contributed by atoms with Crippen molar-refractivity contribution in [2.75, 3.05) is 0 Å². The Bertz CT molecular complexity index is 591. The van der Waals surface area contributed by atoms with Crippen molar-refractivity contribution in [2.45, 2.75) is 19.8 Å². The number of carbonyl (C=O) groups is 1. The summed E-state index contributed by atoms with van der Waals surface area (Å²) in [6.07, 6.45) is 0. The van der Waals surface area contributed by atoms with Crippen LogP contribution in [0.15, 0.2) is 48.5 Å². The zero-order valence-electron chi connectivity index (χ0n) is 11.4. The van der Waals surface area contributed by atoms with Gasteiger partial charge in [0.2, 0.25) is 0 Å². The molecule has 0 saturated heterocycles. The van der Waals surface area contributed by atoms with Crippen LogP contribution in [0.2, 0.25) is 0 Å². The van der Waals surface area contributed by atoms with Crippen LogP contribution in [-0.2, 0) is 0 Å². The molecule has 0 aromatic heterocycles. The average molecular weight is 272 g/mol. The Morgan fingerprint density at radius 2 is 1.80 bits per heavy atom. The zero-order chi connectivity index (χ0) is 14.5. The van der Waals surface area contributed by atoms with Gasteiger partial charge in [0.05, 0.1) is 5.56 Å². The molecular formula is C16H16O4. The van der Waals surface area contributed by atoms with Crippen LogP contribution in [0.25, 0.3) is 0 Å². The van der Waals surface area contributed by atoms with Crippen LogP contribution < -0.4 is 9.62 Å². The minimum Gasteiger partial charge on any atom is -0.423 e. The summed E-state index contributed by atoms with van der Waals surface area (Å²) in [5.41, 5.74) is 1.28. The highest BCUT2D eigenvalue weighted by Crippen LogP contribution is 2.30. The monoisotopic (exact) mass is 272 g/mol. The Kier molecular flexibility index (Phi) is 4.38. The highest BCUT2D eigenvalue weighted by molar-refractivity contribution is 5.91. The first-order valence-electron chi connectivity index (χ1n) is 6.34. The van der Waals surface area contributed by atoms with Crippen LogP contribution in [0.3, 0.4) is 0 Å². The molecule has 0 spiro atoms. The number of rotatable bonds is 4. The molecule has 0 radical (unpaired) electrons. The minimum absolute atomic E-state index is 0.128. The minimum atomic E-state index is -0.412. The molecule has 0 fully saturated rings. The topological polar surface area (TPSA) is 55.8 Å². The van der Waals surface area contributed by atoms with Crippen molar-refractivity contribution in [2.24, 2.45) is 0 Å². The number of esters is 1. The number of hydrogen-bond donors (Lipinski definition) is 1. The van der Waals surface area contributed by atoms with Gasteiger partial charge < -0.3 is 9.62 Å². The number of benzene rings is 2. The quantitative estimate of drug-likeness (QED) is 0.397. The molecule has 0 atom stereocenters. The Hall–Kier alpha value is -2.33. The van der Waals surface area contributed by atoms with Gasteiger partial charge in [-0.1, -0.05) is 32.0 Å². The molecule has 104 valence electrons. The van der Waals surface area contributed by atoms with Gasteiger partial charge in [0.15, 0.2) is 5.75 Å². The van der Waals surface area contributed by atoms with E-state index in [0.717, 1.165) is 5.56 Å². The second-order valence-electron chi connectivity index (χ2n) is 4.70. The van der Waals surface area contributed by atoms with Crippen LogP contribution in [0.4, 0.5) is 0 Å². The summed E-state index contributed by atoms with van der Waals surface area (Å²) in [7, 11) is 0. The van der Waals surface area contributed by atoms with E-state index in [9.17, 15) is 4.79 Å². The molecule has 2 aromatic carbocycles. The van der Waals surface area contributed by atoms with E-state index in [1.807, 2.05) is 19.9 Å². The first-order chi connectivity index (χ1) is 9.61. The van der Waals surface area contributed by atoms with Crippen molar-refractivity contribution in [3.8, 4) is 11.5 Å². The number of ether oxygens (including phenoxy) is 1. The van der Waals surface area contributed by atoms with Crippen molar-refractivity contribution in [1.82, 2.24) is 0 Å². The molecule has 4 nitrogen and oxygen atoms in total. The summed E-state index contributed by atoms with van der Waals surface area (Å²) < 4.78 is 5.42. The molecular weight excluding hydrogens is 256 g/mol. The third-order valence-electron chi connectivity index (χ3n) is 2.92. The molecule has 0 aliphatic carbocycles. The zero-order valence-corrected chi connectivity index (χ0v) is 11.4. The molecule has 0 bridgehead atoms. The van der Waals surface area contributed by atoms with Gasteiger partial charge >= 0.3 is 5.97 Å². The fourth-order valence-electron chi connectivity index (χ4n) is 1.86. The fraction of sp³-hybridized carbons (Fsp3) is 0.188. The van der Waals surface area contributed by atoms with E-state index in [1.165, 1.54) is 0 Å². The highest BCUT2D eigenvalue weighted by atomic mass is 17.1. The summed E-state index contributed by atoms with van der Waals surface area (Å²) in [6, 6.07) is 13.6. The standard InChI is InChI=1S/C16H16O4/c1-11(2)14-10-13(20-18)8-9-15(14)19-16(17)12-6-4-3-5-7-12/h3-11,18H,1-2H3.